The average molecular weight is 380 g/mol. The number of phenols is 1. The fourth-order valence-corrected chi connectivity index (χ4v) is 3.52. The molecule has 0 spiro atoms. The number of carbonyl (C=O) groups excluding carboxylic acids is 1. The van der Waals surface area contributed by atoms with Gasteiger partial charge in [-0.15, -0.1) is 0 Å². The molecule has 25 heavy (non-hydrogen) atoms. The monoisotopic (exact) mass is 379 g/mol. The van der Waals surface area contributed by atoms with Gasteiger partial charge in [0.15, 0.2) is 0 Å². The van der Waals surface area contributed by atoms with Gasteiger partial charge in [0.05, 0.1) is 17.7 Å². The number of hydrogen-bond acceptors (Lipinski definition) is 3. The smallest absolute Gasteiger partial charge is 0.220 e. The Morgan fingerprint density at radius 1 is 1.28 bits per heavy atom. The van der Waals surface area contributed by atoms with Gasteiger partial charge in [0, 0.05) is 11.4 Å². The molecule has 6 heteroatoms. The van der Waals surface area contributed by atoms with Crippen molar-refractivity contribution in [1.29, 1.82) is 0 Å². The highest BCUT2D eigenvalue weighted by atomic mass is 35.5. The lowest BCUT2D eigenvalue weighted by molar-refractivity contribution is -0.122. The number of benzene rings is 2. The molecule has 1 atom stereocenters. The fourth-order valence-electron chi connectivity index (χ4n) is 3.06. The number of phenolic OH excluding ortho intramolecular Hbond substituents is 1. The Labute approximate surface area is 156 Å². The van der Waals surface area contributed by atoms with Crippen molar-refractivity contribution in [1.82, 2.24) is 5.32 Å². The van der Waals surface area contributed by atoms with E-state index in [0.29, 0.717) is 41.0 Å². The molecule has 0 bridgehead atoms. The van der Waals surface area contributed by atoms with Crippen LogP contribution < -0.4 is 10.1 Å². The van der Waals surface area contributed by atoms with Crippen LogP contribution in [-0.2, 0) is 11.2 Å². The summed E-state index contributed by atoms with van der Waals surface area (Å²) in [6.45, 7) is 0.400. The topological polar surface area (TPSA) is 58.6 Å². The van der Waals surface area contributed by atoms with Gasteiger partial charge in [-0.05, 0) is 54.7 Å². The third-order valence-electron chi connectivity index (χ3n) is 4.28. The van der Waals surface area contributed by atoms with E-state index in [1.165, 1.54) is 0 Å². The molecule has 0 aliphatic heterocycles. The molecule has 0 fully saturated rings. The molecule has 0 saturated carbocycles. The maximum absolute atomic E-state index is 12.1. The number of rotatable bonds is 6. The van der Waals surface area contributed by atoms with Gasteiger partial charge in [-0.25, -0.2) is 0 Å². The highest BCUT2D eigenvalue weighted by Gasteiger charge is 2.25. The van der Waals surface area contributed by atoms with E-state index in [9.17, 15) is 9.90 Å². The molecule has 132 valence electrons. The van der Waals surface area contributed by atoms with E-state index in [-0.39, 0.29) is 11.9 Å². The van der Waals surface area contributed by atoms with E-state index in [4.69, 9.17) is 27.9 Å². The van der Waals surface area contributed by atoms with Crippen molar-refractivity contribution in [2.45, 2.75) is 31.7 Å². The summed E-state index contributed by atoms with van der Waals surface area (Å²) in [5.74, 6) is 0.848. The first-order valence-electron chi connectivity index (χ1n) is 8.22. The van der Waals surface area contributed by atoms with E-state index in [1.807, 2.05) is 12.1 Å². The summed E-state index contributed by atoms with van der Waals surface area (Å²) in [5.41, 5.74) is 1.95. The van der Waals surface area contributed by atoms with Crippen molar-refractivity contribution in [3.05, 3.63) is 57.6 Å². The van der Waals surface area contributed by atoms with Gasteiger partial charge < -0.3 is 15.2 Å². The van der Waals surface area contributed by atoms with Gasteiger partial charge in [-0.2, -0.15) is 0 Å². The first-order chi connectivity index (χ1) is 12.0. The standard InChI is InChI=1S/C19H19Cl2NO3/c20-12-6-9-18(15(21)11-12)25-10-2-5-19(24)22-16-8-7-14-13(16)3-1-4-17(14)23/h1,3-4,6,9,11,16,23H,2,5,7-8,10H2,(H,22,24). The van der Waals surface area contributed by atoms with E-state index in [1.54, 1.807) is 24.3 Å². The van der Waals surface area contributed by atoms with Crippen LogP contribution in [-0.4, -0.2) is 17.6 Å². The van der Waals surface area contributed by atoms with Crippen LogP contribution in [0.3, 0.4) is 0 Å². The number of aromatic hydroxyl groups is 1. The van der Waals surface area contributed by atoms with E-state index in [0.717, 1.165) is 24.0 Å². The molecule has 2 aromatic rings. The molecule has 1 aliphatic carbocycles. The number of hydrogen-bond donors (Lipinski definition) is 2. The number of fused-ring (bicyclic) bond motifs is 1. The predicted molar refractivity (Wildman–Crippen MR) is 98.5 cm³/mol. The van der Waals surface area contributed by atoms with Gasteiger partial charge >= 0.3 is 0 Å². The van der Waals surface area contributed by atoms with E-state index in [2.05, 4.69) is 5.32 Å². The molecule has 0 saturated heterocycles. The summed E-state index contributed by atoms with van der Waals surface area (Å²) in [6.07, 6.45) is 2.56. The van der Waals surface area contributed by atoms with Crippen molar-refractivity contribution < 1.29 is 14.6 Å². The van der Waals surface area contributed by atoms with Crippen LogP contribution in [0.1, 0.15) is 36.4 Å². The van der Waals surface area contributed by atoms with E-state index < -0.39 is 0 Å². The molecule has 2 aromatic carbocycles. The molecule has 1 unspecified atom stereocenters. The minimum atomic E-state index is -0.0266. The van der Waals surface area contributed by atoms with Crippen LogP contribution in [0, 0.1) is 0 Å². The van der Waals surface area contributed by atoms with Crippen molar-refractivity contribution in [3.8, 4) is 11.5 Å². The first kappa shape index (κ1) is 17.9. The maximum atomic E-state index is 12.1. The third-order valence-corrected chi connectivity index (χ3v) is 4.81. The molecule has 0 radical (unpaired) electrons. The minimum absolute atomic E-state index is 0.0213. The Balaban J connectivity index is 1.44. The van der Waals surface area contributed by atoms with Crippen LogP contribution >= 0.6 is 23.2 Å². The van der Waals surface area contributed by atoms with Gasteiger partial charge in [0.25, 0.3) is 0 Å². The summed E-state index contributed by atoms with van der Waals surface area (Å²) in [5, 5.41) is 13.9. The molecular weight excluding hydrogens is 361 g/mol. The number of nitrogens with one attached hydrogen (secondary N) is 1. The Morgan fingerprint density at radius 2 is 2.12 bits per heavy atom. The second-order valence-electron chi connectivity index (χ2n) is 6.03. The van der Waals surface area contributed by atoms with Crippen LogP contribution in [0.25, 0.3) is 0 Å². The Hall–Kier alpha value is -1.91. The Kier molecular flexibility index (Phi) is 5.71. The van der Waals surface area contributed by atoms with E-state index >= 15 is 0 Å². The summed E-state index contributed by atoms with van der Waals surface area (Å²) >= 11 is 11.9. The predicted octanol–water partition coefficient (Wildman–Crippen LogP) is 4.66. The van der Waals surface area contributed by atoms with Crippen molar-refractivity contribution in [3.63, 3.8) is 0 Å². The molecule has 2 N–H and O–H groups in total. The zero-order valence-corrected chi connectivity index (χ0v) is 15.1. The van der Waals surface area contributed by atoms with Crippen LogP contribution in [0.5, 0.6) is 11.5 Å². The zero-order chi connectivity index (χ0) is 17.8. The summed E-state index contributed by atoms with van der Waals surface area (Å²) in [6, 6.07) is 10.5. The molecule has 0 heterocycles. The van der Waals surface area contributed by atoms with Crippen molar-refractivity contribution in [2.24, 2.45) is 0 Å². The lowest BCUT2D eigenvalue weighted by atomic mass is 10.1. The number of amides is 1. The molecule has 1 amide bonds. The molecule has 4 nitrogen and oxygen atoms in total. The largest absolute Gasteiger partial charge is 0.508 e. The molecule has 3 rings (SSSR count). The highest BCUT2D eigenvalue weighted by molar-refractivity contribution is 6.35. The Morgan fingerprint density at radius 3 is 2.92 bits per heavy atom. The molecular formula is C19H19Cl2NO3. The third kappa shape index (κ3) is 4.39. The van der Waals surface area contributed by atoms with Gasteiger partial charge in [-0.3, -0.25) is 4.79 Å². The normalized spacial score (nSPS) is 15.7. The van der Waals surface area contributed by atoms with Crippen LogP contribution in [0.2, 0.25) is 10.0 Å². The van der Waals surface area contributed by atoms with Crippen molar-refractivity contribution >= 4 is 29.1 Å². The van der Waals surface area contributed by atoms with Gasteiger partial charge in [0.2, 0.25) is 5.91 Å². The summed E-state index contributed by atoms with van der Waals surface area (Å²) in [4.78, 5) is 12.1. The zero-order valence-electron chi connectivity index (χ0n) is 13.6. The second-order valence-corrected chi connectivity index (χ2v) is 6.87. The average Bonchev–Trinajstić information content (AvgIpc) is 2.97. The lowest BCUT2D eigenvalue weighted by Crippen LogP contribution is -2.27. The summed E-state index contributed by atoms with van der Waals surface area (Å²) in [7, 11) is 0. The maximum Gasteiger partial charge on any atom is 0.220 e. The quantitative estimate of drug-likeness (QED) is 0.717. The molecule has 1 aliphatic rings. The number of ether oxygens (including phenoxy) is 1. The van der Waals surface area contributed by atoms with Gasteiger partial charge in [-0.1, -0.05) is 35.3 Å². The van der Waals surface area contributed by atoms with Gasteiger partial charge in [0.1, 0.15) is 11.5 Å². The minimum Gasteiger partial charge on any atom is -0.508 e. The second kappa shape index (κ2) is 7.98. The highest BCUT2D eigenvalue weighted by Crippen LogP contribution is 2.36. The van der Waals surface area contributed by atoms with Crippen LogP contribution in [0.15, 0.2) is 36.4 Å². The Bertz CT molecular complexity index is 779. The number of carbonyl (C=O) groups is 1. The summed E-state index contributed by atoms with van der Waals surface area (Å²) < 4.78 is 5.58. The first-order valence-corrected chi connectivity index (χ1v) is 8.98. The fraction of sp³-hybridized carbons (Fsp3) is 0.316. The van der Waals surface area contributed by atoms with Crippen molar-refractivity contribution in [2.75, 3.05) is 6.61 Å². The van der Waals surface area contributed by atoms with Crippen LogP contribution in [0.4, 0.5) is 0 Å². The number of halogens is 2. The SMILES string of the molecule is O=C(CCCOc1ccc(Cl)cc1Cl)NC1CCc2c(O)cccc21. The molecule has 0 aromatic heterocycles. The lowest BCUT2D eigenvalue weighted by Gasteiger charge is -2.14.